The molecule has 2 heterocycles. The molecule has 30 heavy (non-hydrogen) atoms. The van der Waals surface area contributed by atoms with E-state index in [0.29, 0.717) is 11.6 Å². The first-order valence-corrected chi connectivity index (χ1v) is 12.2. The van der Waals surface area contributed by atoms with Gasteiger partial charge in [0.15, 0.2) is 5.13 Å². The van der Waals surface area contributed by atoms with Crippen molar-refractivity contribution >= 4 is 32.4 Å². The van der Waals surface area contributed by atoms with Crippen LogP contribution in [0.2, 0.25) is 0 Å². The number of benzene rings is 2. The van der Waals surface area contributed by atoms with Gasteiger partial charge in [-0.1, -0.05) is 54.6 Å². The van der Waals surface area contributed by atoms with Crippen LogP contribution in [0.5, 0.6) is 0 Å². The summed E-state index contributed by atoms with van der Waals surface area (Å²) in [5, 5.41) is 3.34. The van der Waals surface area contributed by atoms with Crippen molar-refractivity contribution in [2.24, 2.45) is 0 Å². The molecule has 8 heteroatoms. The highest BCUT2D eigenvalue weighted by molar-refractivity contribution is 7.89. The molecule has 0 unspecified atom stereocenters. The summed E-state index contributed by atoms with van der Waals surface area (Å²) in [4.78, 5) is 18.7. The van der Waals surface area contributed by atoms with Gasteiger partial charge >= 0.3 is 0 Å². The topological polar surface area (TPSA) is 79.4 Å². The Morgan fingerprint density at radius 1 is 1.13 bits per heavy atom. The van der Waals surface area contributed by atoms with Gasteiger partial charge in [0.2, 0.25) is 15.9 Å². The number of nitrogens with one attached hydrogen (secondary N) is 1. The number of fused-ring (bicyclic) bond motifs is 1. The first-order valence-electron chi connectivity index (χ1n) is 9.79. The predicted molar refractivity (Wildman–Crippen MR) is 120 cm³/mol. The number of amides is 1. The maximum absolute atomic E-state index is 13.2. The Morgan fingerprint density at radius 2 is 1.80 bits per heavy atom. The smallest absolute Gasteiger partial charge is 0.244 e. The van der Waals surface area contributed by atoms with E-state index in [1.54, 1.807) is 6.92 Å². The standard InChI is InChI=1S/C22H23N3O3S2/c1-3-30(27,28)25-14-18-12-8-7-11-17(18)13-19(25)21(26)24-22-23-20(15(2)29-22)16-9-5-4-6-10-16/h4-12,19H,3,13-14H2,1-2H3,(H,23,24,26)/t19-/m0/s1. The van der Waals surface area contributed by atoms with Gasteiger partial charge in [-0.25, -0.2) is 13.4 Å². The molecule has 156 valence electrons. The number of hydrogen-bond acceptors (Lipinski definition) is 5. The molecule has 1 aliphatic rings. The molecule has 0 spiro atoms. The summed E-state index contributed by atoms with van der Waals surface area (Å²) in [7, 11) is -3.54. The molecule has 1 aromatic heterocycles. The zero-order valence-corrected chi connectivity index (χ0v) is 18.5. The van der Waals surface area contributed by atoms with Crippen molar-refractivity contribution in [2.75, 3.05) is 11.1 Å². The second-order valence-electron chi connectivity index (χ2n) is 7.21. The normalized spacial score (nSPS) is 16.8. The molecular weight excluding hydrogens is 418 g/mol. The van der Waals surface area contributed by atoms with Crippen LogP contribution in [0.25, 0.3) is 11.3 Å². The fourth-order valence-electron chi connectivity index (χ4n) is 3.68. The lowest BCUT2D eigenvalue weighted by atomic mass is 9.95. The van der Waals surface area contributed by atoms with E-state index in [1.807, 2.05) is 61.5 Å². The van der Waals surface area contributed by atoms with Crippen LogP contribution >= 0.6 is 11.3 Å². The summed E-state index contributed by atoms with van der Waals surface area (Å²) >= 11 is 1.39. The average Bonchev–Trinajstić information content (AvgIpc) is 3.13. The van der Waals surface area contributed by atoms with E-state index in [2.05, 4.69) is 10.3 Å². The molecule has 1 N–H and O–H groups in total. The minimum Gasteiger partial charge on any atom is -0.301 e. The number of aryl methyl sites for hydroxylation is 1. The van der Waals surface area contributed by atoms with Gasteiger partial charge in [0.05, 0.1) is 11.4 Å². The van der Waals surface area contributed by atoms with E-state index in [0.717, 1.165) is 27.3 Å². The number of rotatable bonds is 5. The van der Waals surface area contributed by atoms with Crippen LogP contribution in [0, 0.1) is 6.92 Å². The van der Waals surface area contributed by atoms with E-state index >= 15 is 0 Å². The van der Waals surface area contributed by atoms with E-state index in [1.165, 1.54) is 15.6 Å². The molecule has 0 saturated carbocycles. The molecular formula is C22H23N3O3S2. The maximum Gasteiger partial charge on any atom is 0.244 e. The zero-order chi connectivity index (χ0) is 21.3. The number of carbonyl (C=O) groups excluding carboxylic acids is 1. The summed E-state index contributed by atoms with van der Waals surface area (Å²) in [5.74, 6) is -0.400. The summed E-state index contributed by atoms with van der Waals surface area (Å²) < 4.78 is 26.7. The number of nitrogens with zero attached hydrogens (tertiary/aromatic N) is 2. The summed E-state index contributed by atoms with van der Waals surface area (Å²) in [6.45, 7) is 3.76. The first-order chi connectivity index (χ1) is 14.4. The van der Waals surface area contributed by atoms with Crippen molar-refractivity contribution < 1.29 is 13.2 Å². The van der Waals surface area contributed by atoms with Gasteiger partial charge in [0.25, 0.3) is 0 Å². The number of aromatic nitrogens is 1. The van der Waals surface area contributed by atoms with Crippen molar-refractivity contribution in [3.05, 3.63) is 70.6 Å². The van der Waals surface area contributed by atoms with Gasteiger partial charge in [-0.05, 0) is 31.4 Å². The summed E-state index contributed by atoms with van der Waals surface area (Å²) in [5.41, 5.74) is 3.74. The summed E-state index contributed by atoms with van der Waals surface area (Å²) in [6, 6.07) is 16.6. The highest BCUT2D eigenvalue weighted by Crippen LogP contribution is 2.31. The van der Waals surface area contributed by atoms with Crippen molar-refractivity contribution in [3.8, 4) is 11.3 Å². The molecule has 2 aromatic carbocycles. The van der Waals surface area contributed by atoms with Gasteiger partial charge in [0.1, 0.15) is 6.04 Å². The number of hydrogen-bond donors (Lipinski definition) is 1. The van der Waals surface area contributed by atoms with Gasteiger partial charge in [0, 0.05) is 17.0 Å². The lowest BCUT2D eigenvalue weighted by Gasteiger charge is -2.34. The zero-order valence-electron chi connectivity index (χ0n) is 16.8. The lowest BCUT2D eigenvalue weighted by molar-refractivity contribution is -0.120. The molecule has 4 rings (SSSR count). The third-order valence-electron chi connectivity index (χ3n) is 5.30. The Kier molecular flexibility index (Phi) is 5.73. The van der Waals surface area contributed by atoms with Gasteiger partial charge in [-0.2, -0.15) is 4.31 Å². The lowest BCUT2D eigenvalue weighted by Crippen LogP contribution is -2.51. The molecule has 0 bridgehead atoms. The summed E-state index contributed by atoms with van der Waals surface area (Å²) in [6.07, 6.45) is 0.344. The second kappa shape index (κ2) is 8.29. The Bertz CT molecular complexity index is 1170. The number of thiazole rings is 1. The van der Waals surface area contributed by atoms with Gasteiger partial charge in [-0.3, -0.25) is 4.79 Å². The third kappa shape index (κ3) is 4.03. The molecule has 1 amide bonds. The van der Waals surface area contributed by atoms with Gasteiger partial charge < -0.3 is 5.32 Å². The van der Waals surface area contributed by atoms with E-state index in [-0.39, 0.29) is 18.2 Å². The monoisotopic (exact) mass is 441 g/mol. The minimum atomic E-state index is -3.54. The molecule has 6 nitrogen and oxygen atoms in total. The molecule has 0 saturated heterocycles. The average molecular weight is 442 g/mol. The van der Waals surface area contributed by atoms with Crippen molar-refractivity contribution in [3.63, 3.8) is 0 Å². The molecule has 0 fully saturated rings. The van der Waals surface area contributed by atoms with Crippen molar-refractivity contribution in [1.29, 1.82) is 0 Å². The number of sulfonamides is 1. The van der Waals surface area contributed by atoms with Crippen molar-refractivity contribution in [1.82, 2.24) is 9.29 Å². The van der Waals surface area contributed by atoms with Crippen LogP contribution in [-0.4, -0.2) is 35.4 Å². The highest BCUT2D eigenvalue weighted by Gasteiger charge is 2.38. The van der Waals surface area contributed by atoms with Crippen LogP contribution in [0.1, 0.15) is 22.9 Å². The van der Waals surface area contributed by atoms with Crippen molar-refractivity contribution in [2.45, 2.75) is 32.9 Å². The van der Waals surface area contributed by atoms with Crippen LogP contribution in [0.15, 0.2) is 54.6 Å². The van der Waals surface area contributed by atoms with E-state index in [9.17, 15) is 13.2 Å². The molecule has 3 aromatic rings. The first kappa shape index (κ1) is 20.7. The Morgan fingerprint density at radius 3 is 2.50 bits per heavy atom. The van der Waals surface area contributed by atoms with Crippen LogP contribution in [0.4, 0.5) is 5.13 Å². The van der Waals surface area contributed by atoms with Gasteiger partial charge in [-0.15, -0.1) is 11.3 Å². The fourth-order valence-corrected chi connectivity index (χ4v) is 5.75. The third-order valence-corrected chi connectivity index (χ3v) is 8.02. The van der Waals surface area contributed by atoms with Crippen LogP contribution < -0.4 is 5.32 Å². The second-order valence-corrected chi connectivity index (χ2v) is 10.6. The number of carbonyl (C=O) groups is 1. The maximum atomic E-state index is 13.2. The van der Waals surface area contributed by atoms with Crippen LogP contribution in [-0.2, 0) is 27.8 Å². The quantitative estimate of drug-likeness (QED) is 0.653. The Balaban J connectivity index is 1.62. The SMILES string of the molecule is CCS(=O)(=O)N1Cc2ccccc2C[C@H]1C(=O)Nc1nc(-c2ccccc2)c(C)s1. The fraction of sp³-hybridized carbons (Fsp3) is 0.273. The molecule has 1 aliphatic heterocycles. The predicted octanol–water partition coefficient (Wildman–Crippen LogP) is 3.83. The Labute approximate surface area is 180 Å². The molecule has 1 atom stereocenters. The van der Waals surface area contributed by atoms with E-state index < -0.39 is 16.1 Å². The van der Waals surface area contributed by atoms with E-state index in [4.69, 9.17) is 0 Å². The minimum absolute atomic E-state index is 0.0482. The Hall–Kier alpha value is -2.55. The van der Waals surface area contributed by atoms with Crippen LogP contribution in [0.3, 0.4) is 0 Å². The largest absolute Gasteiger partial charge is 0.301 e. The molecule has 0 radical (unpaired) electrons. The number of anilines is 1. The molecule has 0 aliphatic carbocycles. The highest BCUT2D eigenvalue weighted by atomic mass is 32.2.